The Morgan fingerprint density at radius 1 is 1.00 bits per heavy atom. The van der Waals surface area contributed by atoms with Crippen molar-refractivity contribution < 1.29 is 8.42 Å². The normalized spacial score (nSPS) is 10.9. The van der Waals surface area contributed by atoms with Crippen LogP contribution in [0.5, 0.6) is 0 Å². The van der Waals surface area contributed by atoms with E-state index < -0.39 is 9.84 Å². The summed E-state index contributed by atoms with van der Waals surface area (Å²) in [5.41, 5.74) is 11.8. The van der Waals surface area contributed by atoms with Crippen molar-refractivity contribution >= 4 is 21.2 Å². The Labute approximate surface area is 111 Å². The van der Waals surface area contributed by atoms with E-state index in [2.05, 4.69) is 0 Å². The topological polar surface area (TPSA) is 110 Å². The van der Waals surface area contributed by atoms with E-state index in [-0.39, 0.29) is 26.7 Å². The molecule has 4 N–H and O–H groups in total. The lowest BCUT2D eigenvalue weighted by atomic mass is 10.2. The van der Waals surface area contributed by atoms with Gasteiger partial charge in [-0.15, -0.1) is 0 Å². The molecule has 0 aromatic heterocycles. The van der Waals surface area contributed by atoms with Crippen molar-refractivity contribution in [3.8, 4) is 6.07 Å². The van der Waals surface area contributed by atoms with E-state index in [9.17, 15) is 8.42 Å². The van der Waals surface area contributed by atoms with Gasteiger partial charge < -0.3 is 11.5 Å². The molecule has 0 fully saturated rings. The van der Waals surface area contributed by atoms with Gasteiger partial charge in [-0.2, -0.15) is 5.26 Å². The first-order valence-corrected chi connectivity index (χ1v) is 6.84. The van der Waals surface area contributed by atoms with Gasteiger partial charge in [0.25, 0.3) is 0 Å². The maximum absolute atomic E-state index is 12.5. The molecule has 0 heterocycles. The van der Waals surface area contributed by atoms with E-state index >= 15 is 0 Å². The van der Waals surface area contributed by atoms with Crippen LogP contribution in [0.25, 0.3) is 0 Å². The molecule has 0 bridgehead atoms. The van der Waals surface area contributed by atoms with Crippen LogP contribution in [0.2, 0.25) is 0 Å². The fourth-order valence-corrected chi connectivity index (χ4v) is 3.27. The number of anilines is 2. The quantitative estimate of drug-likeness (QED) is 0.807. The number of hydrogen-bond acceptors (Lipinski definition) is 5. The van der Waals surface area contributed by atoms with Crippen molar-refractivity contribution in [3.05, 3.63) is 48.0 Å². The zero-order chi connectivity index (χ0) is 14.0. The van der Waals surface area contributed by atoms with Crippen LogP contribution in [0.1, 0.15) is 5.56 Å². The Morgan fingerprint density at radius 3 is 2.16 bits per heavy atom. The van der Waals surface area contributed by atoms with Crippen molar-refractivity contribution in [3.63, 3.8) is 0 Å². The van der Waals surface area contributed by atoms with Crippen molar-refractivity contribution in [2.45, 2.75) is 9.79 Å². The maximum Gasteiger partial charge on any atom is 0.210 e. The summed E-state index contributed by atoms with van der Waals surface area (Å²) in [4.78, 5) is -0.124. The summed E-state index contributed by atoms with van der Waals surface area (Å²) in [6.45, 7) is 0. The van der Waals surface area contributed by atoms with Crippen LogP contribution in [0, 0.1) is 11.3 Å². The molecule has 0 radical (unpaired) electrons. The molecule has 2 aromatic rings. The van der Waals surface area contributed by atoms with Gasteiger partial charge in [0.05, 0.1) is 27.9 Å². The maximum atomic E-state index is 12.5. The van der Waals surface area contributed by atoms with Gasteiger partial charge in [0, 0.05) is 0 Å². The number of nitriles is 1. The molecule has 0 aliphatic carbocycles. The van der Waals surface area contributed by atoms with Gasteiger partial charge in [-0.3, -0.25) is 0 Å². The summed E-state index contributed by atoms with van der Waals surface area (Å²) in [6.07, 6.45) is 0. The second-order valence-electron chi connectivity index (χ2n) is 3.91. The fourth-order valence-electron chi connectivity index (χ4n) is 1.73. The standard InChI is InChI=1S/C13H11N3O2S/c14-8-9-3-1-4-10(7-9)19(17,18)13-11(15)5-2-6-12(13)16/h1-7H,15-16H2. The van der Waals surface area contributed by atoms with Gasteiger partial charge in [-0.25, -0.2) is 8.42 Å². The van der Waals surface area contributed by atoms with Crippen molar-refractivity contribution in [1.82, 2.24) is 0 Å². The molecule has 0 atom stereocenters. The van der Waals surface area contributed by atoms with Crippen molar-refractivity contribution in [1.29, 1.82) is 5.26 Å². The largest absolute Gasteiger partial charge is 0.398 e. The van der Waals surface area contributed by atoms with Crippen LogP contribution in [0.15, 0.2) is 52.3 Å². The molecule has 96 valence electrons. The molecule has 0 amide bonds. The van der Waals surface area contributed by atoms with Gasteiger partial charge in [0.15, 0.2) is 0 Å². The summed E-state index contributed by atoms with van der Waals surface area (Å²) in [6, 6.07) is 12.1. The lowest BCUT2D eigenvalue weighted by Crippen LogP contribution is -2.09. The molecule has 19 heavy (non-hydrogen) atoms. The minimum Gasteiger partial charge on any atom is -0.398 e. The highest BCUT2D eigenvalue weighted by molar-refractivity contribution is 7.91. The first-order valence-electron chi connectivity index (χ1n) is 5.36. The zero-order valence-corrected chi connectivity index (χ0v) is 10.7. The summed E-state index contributed by atoms with van der Waals surface area (Å²) in [7, 11) is -3.83. The number of sulfone groups is 1. The highest BCUT2D eigenvalue weighted by Gasteiger charge is 2.23. The van der Waals surface area contributed by atoms with Crippen LogP contribution in [0.4, 0.5) is 11.4 Å². The number of benzene rings is 2. The van der Waals surface area contributed by atoms with E-state index in [1.54, 1.807) is 6.07 Å². The van der Waals surface area contributed by atoms with Crippen molar-refractivity contribution in [2.24, 2.45) is 0 Å². The van der Waals surface area contributed by atoms with Gasteiger partial charge in [-0.1, -0.05) is 12.1 Å². The first-order chi connectivity index (χ1) is 8.96. The van der Waals surface area contributed by atoms with Crippen LogP contribution in [-0.4, -0.2) is 8.42 Å². The molecular formula is C13H11N3O2S. The first kappa shape index (κ1) is 12.9. The molecule has 2 aromatic carbocycles. The molecule has 5 nitrogen and oxygen atoms in total. The lowest BCUT2D eigenvalue weighted by Gasteiger charge is -2.10. The predicted molar refractivity (Wildman–Crippen MR) is 71.9 cm³/mol. The Morgan fingerprint density at radius 2 is 1.58 bits per heavy atom. The average molecular weight is 273 g/mol. The minimum absolute atomic E-state index is 0.00356. The third kappa shape index (κ3) is 2.23. The van der Waals surface area contributed by atoms with E-state index in [0.29, 0.717) is 0 Å². The average Bonchev–Trinajstić information content (AvgIpc) is 2.38. The van der Waals surface area contributed by atoms with Crippen LogP contribution >= 0.6 is 0 Å². The van der Waals surface area contributed by atoms with E-state index in [1.807, 2.05) is 6.07 Å². The second-order valence-corrected chi connectivity index (χ2v) is 5.80. The molecule has 0 saturated heterocycles. The van der Waals surface area contributed by atoms with Crippen LogP contribution in [0.3, 0.4) is 0 Å². The van der Waals surface area contributed by atoms with E-state index in [1.165, 1.54) is 36.4 Å². The Hall–Kier alpha value is -2.52. The van der Waals surface area contributed by atoms with E-state index in [4.69, 9.17) is 16.7 Å². The van der Waals surface area contributed by atoms with Crippen LogP contribution < -0.4 is 11.5 Å². The number of nitrogen functional groups attached to an aromatic ring is 2. The molecule has 0 unspecified atom stereocenters. The molecule has 0 spiro atoms. The molecule has 0 saturated carbocycles. The minimum atomic E-state index is -3.83. The summed E-state index contributed by atoms with van der Waals surface area (Å²) in [5.74, 6) is 0. The number of nitrogens with zero attached hydrogens (tertiary/aromatic N) is 1. The SMILES string of the molecule is N#Cc1cccc(S(=O)(=O)c2c(N)cccc2N)c1. The summed E-state index contributed by atoms with van der Waals surface area (Å²) in [5, 5.41) is 8.81. The van der Waals surface area contributed by atoms with Crippen LogP contribution in [-0.2, 0) is 9.84 Å². The fraction of sp³-hybridized carbons (Fsp3) is 0. The predicted octanol–water partition coefficient (Wildman–Crippen LogP) is 1.56. The lowest BCUT2D eigenvalue weighted by molar-refractivity contribution is 0.597. The zero-order valence-electron chi connectivity index (χ0n) is 9.87. The van der Waals surface area contributed by atoms with Gasteiger partial charge >= 0.3 is 0 Å². The van der Waals surface area contributed by atoms with Gasteiger partial charge in [0.1, 0.15) is 4.90 Å². The second kappa shape index (κ2) is 4.63. The van der Waals surface area contributed by atoms with Gasteiger partial charge in [0.2, 0.25) is 9.84 Å². The molecular weight excluding hydrogens is 262 g/mol. The number of hydrogen-bond donors (Lipinski definition) is 2. The summed E-state index contributed by atoms with van der Waals surface area (Å²) >= 11 is 0. The third-order valence-electron chi connectivity index (χ3n) is 2.62. The highest BCUT2D eigenvalue weighted by atomic mass is 32.2. The number of rotatable bonds is 2. The van der Waals surface area contributed by atoms with E-state index in [0.717, 1.165) is 0 Å². The molecule has 0 aliphatic rings. The highest BCUT2D eigenvalue weighted by Crippen LogP contribution is 2.30. The Bertz CT molecular complexity index is 756. The number of nitrogens with two attached hydrogens (primary N) is 2. The monoisotopic (exact) mass is 273 g/mol. The molecule has 0 aliphatic heterocycles. The Kier molecular flexibility index (Phi) is 3.15. The Balaban J connectivity index is 2.70. The molecule has 2 rings (SSSR count). The third-order valence-corrected chi connectivity index (χ3v) is 4.50. The smallest absolute Gasteiger partial charge is 0.210 e. The van der Waals surface area contributed by atoms with Crippen molar-refractivity contribution in [2.75, 3.05) is 11.5 Å². The van der Waals surface area contributed by atoms with Gasteiger partial charge in [-0.05, 0) is 30.3 Å². The molecule has 6 heteroatoms. The summed E-state index contributed by atoms with van der Waals surface area (Å²) < 4.78 is 24.9.